The molecule has 0 aliphatic carbocycles. The zero-order chi connectivity index (χ0) is 21.7. The van der Waals surface area contributed by atoms with Crippen molar-refractivity contribution in [3.63, 3.8) is 0 Å². The van der Waals surface area contributed by atoms with Crippen LogP contribution in [0.3, 0.4) is 0 Å². The van der Waals surface area contributed by atoms with E-state index in [9.17, 15) is 13.2 Å². The largest absolute Gasteiger partial charge is 0.496 e. The molecule has 1 aliphatic rings. The molecule has 9 heteroatoms. The minimum Gasteiger partial charge on any atom is -0.496 e. The third-order valence-electron chi connectivity index (χ3n) is 5.17. The van der Waals surface area contributed by atoms with Crippen molar-refractivity contribution >= 4 is 27.5 Å². The Hall–Kier alpha value is -2.13. The number of likely N-dealkylation sites (N-methyl/N-ethyl adjacent to an activating group) is 1. The summed E-state index contributed by atoms with van der Waals surface area (Å²) in [6.45, 7) is 2.96. The molecule has 0 aromatic heterocycles. The normalized spacial score (nSPS) is 15.4. The van der Waals surface area contributed by atoms with Gasteiger partial charge in [-0.05, 0) is 30.3 Å². The molecule has 7 nitrogen and oxygen atoms in total. The van der Waals surface area contributed by atoms with Crippen molar-refractivity contribution in [1.29, 1.82) is 0 Å². The average molecular weight is 452 g/mol. The van der Waals surface area contributed by atoms with Crippen molar-refractivity contribution in [3.8, 4) is 5.75 Å². The lowest BCUT2D eigenvalue weighted by Crippen LogP contribution is -2.51. The minimum atomic E-state index is -3.69. The molecule has 1 amide bonds. The number of ether oxygens (including phenoxy) is 1. The highest BCUT2D eigenvalue weighted by atomic mass is 35.5. The molecule has 1 fully saturated rings. The van der Waals surface area contributed by atoms with Gasteiger partial charge >= 0.3 is 0 Å². The van der Waals surface area contributed by atoms with Crippen molar-refractivity contribution in [2.45, 2.75) is 11.4 Å². The molecule has 0 bridgehead atoms. The summed E-state index contributed by atoms with van der Waals surface area (Å²) in [5.41, 5.74) is 0.999. The van der Waals surface area contributed by atoms with Crippen LogP contribution in [0.2, 0.25) is 5.02 Å². The molecular formula is C21H26ClN3O4S. The van der Waals surface area contributed by atoms with Gasteiger partial charge in [0.2, 0.25) is 15.9 Å². The fraction of sp³-hybridized carbons (Fsp3) is 0.381. The van der Waals surface area contributed by atoms with Crippen LogP contribution in [0.15, 0.2) is 53.4 Å². The van der Waals surface area contributed by atoms with Crippen LogP contribution >= 0.6 is 11.6 Å². The first-order chi connectivity index (χ1) is 14.3. The summed E-state index contributed by atoms with van der Waals surface area (Å²) in [6.07, 6.45) is 0. The number of rotatable bonds is 7. The molecule has 0 spiro atoms. The number of halogens is 1. The number of amides is 1. The summed E-state index contributed by atoms with van der Waals surface area (Å²) >= 11 is 6.10. The molecule has 1 aliphatic heterocycles. The second-order valence-electron chi connectivity index (χ2n) is 7.19. The SMILES string of the molecule is COc1ccc(Cl)cc1CN1CCN(C(=O)CN(C)S(=O)(=O)c2ccccc2)CC1. The summed E-state index contributed by atoms with van der Waals surface area (Å²) in [4.78, 5) is 16.8. The molecule has 2 aromatic carbocycles. The number of hydrogen-bond donors (Lipinski definition) is 0. The van der Waals surface area contributed by atoms with Gasteiger partial charge in [0.25, 0.3) is 0 Å². The van der Waals surface area contributed by atoms with Crippen LogP contribution in [0.1, 0.15) is 5.56 Å². The minimum absolute atomic E-state index is 0.181. The fourth-order valence-corrected chi connectivity index (χ4v) is 4.75. The van der Waals surface area contributed by atoms with Crippen LogP contribution in [0.4, 0.5) is 0 Å². The third-order valence-corrected chi connectivity index (χ3v) is 7.22. The molecule has 1 heterocycles. The summed E-state index contributed by atoms with van der Waals surface area (Å²) in [7, 11) is -0.626. The molecule has 2 aromatic rings. The Morgan fingerprint density at radius 1 is 1.10 bits per heavy atom. The van der Waals surface area contributed by atoms with E-state index in [-0.39, 0.29) is 17.3 Å². The van der Waals surface area contributed by atoms with Gasteiger partial charge in [0, 0.05) is 50.4 Å². The van der Waals surface area contributed by atoms with Crippen LogP contribution in [0.25, 0.3) is 0 Å². The quantitative estimate of drug-likeness (QED) is 0.646. The maximum Gasteiger partial charge on any atom is 0.243 e. The maximum atomic E-state index is 12.7. The Bertz CT molecular complexity index is 977. The molecular weight excluding hydrogens is 426 g/mol. The van der Waals surface area contributed by atoms with Crippen molar-refractivity contribution in [2.24, 2.45) is 0 Å². The number of carbonyl (C=O) groups excluding carboxylic acids is 1. The van der Waals surface area contributed by atoms with E-state index in [0.29, 0.717) is 37.7 Å². The lowest BCUT2D eigenvalue weighted by Gasteiger charge is -2.35. The Morgan fingerprint density at radius 2 is 1.77 bits per heavy atom. The van der Waals surface area contributed by atoms with E-state index >= 15 is 0 Å². The smallest absolute Gasteiger partial charge is 0.243 e. The highest BCUT2D eigenvalue weighted by Gasteiger charge is 2.27. The predicted octanol–water partition coefficient (Wildman–Crippen LogP) is 2.31. The van der Waals surface area contributed by atoms with Gasteiger partial charge < -0.3 is 9.64 Å². The van der Waals surface area contributed by atoms with Crippen LogP contribution < -0.4 is 4.74 Å². The summed E-state index contributed by atoms with van der Waals surface area (Å²) in [5.74, 6) is 0.586. The summed E-state index contributed by atoms with van der Waals surface area (Å²) in [6, 6.07) is 13.7. The maximum absolute atomic E-state index is 12.7. The van der Waals surface area contributed by atoms with Crippen molar-refractivity contribution in [2.75, 3.05) is 46.9 Å². The van der Waals surface area contributed by atoms with Gasteiger partial charge in [-0.1, -0.05) is 29.8 Å². The molecule has 0 N–H and O–H groups in total. The van der Waals surface area contributed by atoms with Gasteiger partial charge in [0.1, 0.15) is 5.75 Å². The second-order valence-corrected chi connectivity index (χ2v) is 9.67. The highest BCUT2D eigenvalue weighted by molar-refractivity contribution is 7.89. The van der Waals surface area contributed by atoms with Crippen LogP contribution in [0.5, 0.6) is 5.75 Å². The first-order valence-corrected chi connectivity index (χ1v) is 11.5. The molecule has 0 radical (unpaired) electrons. The number of methoxy groups -OCH3 is 1. The topological polar surface area (TPSA) is 70.2 Å². The van der Waals surface area contributed by atoms with Gasteiger partial charge in [-0.15, -0.1) is 0 Å². The van der Waals surface area contributed by atoms with Gasteiger partial charge in [0.05, 0.1) is 18.6 Å². The Morgan fingerprint density at radius 3 is 2.40 bits per heavy atom. The van der Waals surface area contributed by atoms with Crippen LogP contribution in [-0.4, -0.2) is 75.3 Å². The second kappa shape index (κ2) is 9.78. The van der Waals surface area contributed by atoms with E-state index in [4.69, 9.17) is 16.3 Å². The van der Waals surface area contributed by atoms with E-state index < -0.39 is 10.0 Å². The van der Waals surface area contributed by atoms with Crippen molar-refractivity contribution in [1.82, 2.24) is 14.1 Å². The number of nitrogens with zero attached hydrogens (tertiary/aromatic N) is 3. The van der Waals surface area contributed by atoms with E-state index in [1.165, 1.54) is 19.2 Å². The van der Waals surface area contributed by atoms with Gasteiger partial charge in [0.15, 0.2) is 0 Å². The number of benzene rings is 2. The molecule has 30 heavy (non-hydrogen) atoms. The molecule has 3 rings (SSSR count). The van der Waals surface area contributed by atoms with E-state index in [1.807, 2.05) is 12.1 Å². The average Bonchev–Trinajstić information content (AvgIpc) is 2.75. The van der Waals surface area contributed by atoms with Crippen molar-refractivity contribution < 1.29 is 17.9 Å². The fourth-order valence-electron chi connectivity index (χ4n) is 3.41. The van der Waals surface area contributed by atoms with E-state index in [0.717, 1.165) is 15.6 Å². The lowest BCUT2D eigenvalue weighted by atomic mass is 10.1. The van der Waals surface area contributed by atoms with Crippen LogP contribution in [0, 0.1) is 0 Å². The molecule has 162 valence electrons. The predicted molar refractivity (Wildman–Crippen MR) is 116 cm³/mol. The Labute approximate surface area is 182 Å². The zero-order valence-electron chi connectivity index (χ0n) is 17.1. The standard InChI is InChI=1S/C21H26ClN3O4S/c1-23(30(27,28)19-6-4-3-5-7-19)16-21(26)25-12-10-24(11-13-25)15-17-14-18(22)8-9-20(17)29-2/h3-9,14H,10-13,15-16H2,1-2H3. The molecule has 1 saturated heterocycles. The first-order valence-electron chi connectivity index (χ1n) is 9.65. The Kier molecular flexibility index (Phi) is 7.36. The number of hydrogen-bond acceptors (Lipinski definition) is 5. The van der Waals surface area contributed by atoms with Gasteiger partial charge in [-0.25, -0.2) is 8.42 Å². The van der Waals surface area contributed by atoms with E-state index in [1.54, 1.807) is 36.3 Å². The Balaban J connectivity index is 1.55. The number of piperazine rings is 1. The zero-order valence-corrected chi connectivity index (χ0v) is 18.7. The molecule has 0 atom stereocenters. The van der Waals surface area contributed by atoms with Gasteiger partial charge in [-0.2, -0.15) is 4.31 Å². The summed E-state index contributed by atoms with van der Waals surface area (Å²) < 4.78 is 31.7. The lowest BCUT2D eigenvalue weighted by molar-refractivity contribution is -0.133. The molecule has 0 saturated carbocycles. The van der Waals surface area contributed by atoms with E-state index in [2.05, 4.69) is 4.90 Å². The van der Waals surface area contributed by atoms with Crippen molar-refractivity contribution in [3.05, 3.63) is 59.1 Å². The number of sulfonamides is 1. The van der Waals surface area contributed by atoms with Crippen LogP contribution in [-0.2, 0) is 21.4 Å². The third kappa shape index (κ3) is 5.31. The first kappa shape index (κ1) is 22.6. The van der Waals surface area contributed by atoms with Gasteiger partial charge in [-0.3, -0.25) is 9.69 Å². The number of carbonyl (C=O) groups is 1. The highest BCUT2D eigenvalue weighted by Crippen LogP contribution is 2.24. The monoisotopic (exact) mass is 451 g/mol. The molecule has 0 unspecified atom stereocenters. The summed E-state index contributed by atoms with van der Waals surface area (Å²) in [5, 5.41) is 0.655.